The first-order valence-electron chi connectivity index (χ1n) is 13.1. The van der Waals surface area contributed by atoms with Crippen molar-refractivity contribution >= 4 is 59.3 Å². The molecule has 6 atom stereocenters. The summed E-state index contributed by atoms with van der Waals surface area (Å²) in [6.07, 6.45) is 3.61. The molecule has 4 rings (SSSR count). The van der Waals surface area contributed by atoms with Crippen molar-refractivity contribution in [2.75, 3.05) is 11.5 Å². The normalized spacial score (nSPS) is 29.7. The van der Waals surface area contributed by atoms with Crippen LogP contribution in [0.1, 0.15) is 64.2 Å². The smallest absolute Gasteiger partial charge is 0.324 e. The predicted molar refractivity (Wildman–Crippen MR) is 140 cm³/mol. The molecule has 0 aromatic heterocycles. The Morgan fingerprint density at radius 3 is 1.45 bits per heavy atom. The van der Waals surface area contributed by atoms with Crippen LogP contribution in [0.25, 0.3) is 0 Å². The first kappa shape index (κ1) is 28.5. The topological polar surface area (TPSA) is 173 Å². The maximum atomic E-state index is 13.1. The van der Waals surface area contributed by atoms with E-state index in [9.17, 15) is 28.8 Å². The van der Waals surface area contributed by atoms with Crippen molar-refractivity contribution in [3.8, 4) is 0 Å². The summed E-state index contributed by atoms with van der Waals surface area (Å²) in [6.45, 7) is 0. The summed E-state index contributed by atoms with van der Waals surface area (Å²) >= 11 is 3.33. The number of aliphatic carboxylic acids is 2. The monoisotopic (exact) mass is 570 g/mol. The number of carbonyl (C=O) groups is 6. The zero-order chi connectivity index (χ0) is 27.4. The standard InChI is InChI=1S/C24H34N4O8S2/c29-17(27-21-13(25-23(27)35)11-37-15(21)5-1-3-7-19(31)32)9-10-18(30)28-22-14(26-24(28)36)12-38-16(22)6-2-4-8-20(33)34/h13-16,21-22H,1-12H2,(H,25,35)(H,26,36)(H,31,32)(H,33,34)/t13-,14-,15-,16-,21-,22-/m1/s1. The van der Waals surface area contributed by atoms with Gasteiger partial charge in [-0.1, -0.05) is 12.8 Å². The highest BCUT2D eigenvalue weighted by molar-refractivity contribution is 8.00. The number of fused-ring (bicyclic) bond motifs is 2. The number of rotatable bonds is 13. The van der Waals surface area contributed by atoms with Crippen LogP contribution >= 0.6 is 23.5 Å². The average molecular weight is 571 g/mol. The highest BCUT2D eigenvalue weighted by Gasteiger charge is 2.52. The minimum Gasteiger partial charge on any atom is -0.481 e. The quantitative estimate of drug-likeness (QED) is 0.189. The molecule has 38 heavy (non-hydrogen) atoms. The van der Waals surface area contributed by atoms with Gasteiger partial charge in [-0.25, -0.2) is 9.59 Å². The van der Waals surface area contributed by atoms with Crippen LogP contribution in [0.4, 0.5) is 9.59 Å². The van der Waals surface area contributed by atoms with Gasteiger partial charge in [0.25, 0.3) is 0 Å². The summed E-state index contributed by atoms with van der Waals surface area (Å²) in [5, 5.41) is 23.4. The molecule has 14 heteroatoms. The molecule has 0 aliphatic carbocycles. The van der Waals surface area contributed by atoms with Crippen LogP contribution in [0.3, 0.4) is 0 Å². The number of imide groups is 2. The Labute approximate surface area is 229 Å². The average Bonchev–Trinajstić information content (AvgIpc) is 3.58. The molecule has 4 heterocycles. The van der Waals surface area contributed by atoms with Crippen LogP contribution < -0.4 is 10.6 Å². The Morgan fingerprint density at radius 1 is 0.684 bits per heavy atom. The number of thioether (sulfide) groups is 2. The lowest BCUT2D eigenvalue weighted by atomic mass is 10.0. The van der Waals surface area contributed by atoms with Gasteiger partial charge in [-0.15, -0.1) is 0 Å². The van der Waals surface area contributed by atoms with E-state index < -0.39 is 35.8 Å². The summed E-state index contributed by atoms with van der Waals surface area (Å²) in [5.41, 5.74) is 0. The number of carboxylic acids is 2. The minimum atomic E-state index is -0.847. The predicted octanol–water partition coefficient (Wildman–Crippen LogP) is 1.87. The molecule has 4 saturated heterocycles. The highest BCUT2D eigenvalue weighted by atomic mass is 32.2. The Kier molecular flexibility index (Phi) is 9.45. The van der Waals surface area contributed by atoms with Crippen LogP contribution in [0.2, 0.25) is 0 Å². The van der Waals surface area contributed by atoms with Crippen molar-refractivity contribution in [3.63, 3.8) is 0 Å². The van der Waals surface area contributed by atoms with Crippen LogP contribution in [0, 0.1) is 0 Å². The third-order valence-corrected chi connectivity index (χ3v) is 10.6. The van der Waals surface area contributed by atoms with Crippen molar-refractivity contribution in [2.45, 2.75) is 98.9 Å². The number of unbranched alkanes of at least 4 members (excludes halogenated alkanes) is 2. The van der Waals surface area contributed by atoms with Gasteiger partial charge in [0.2, 0.25) is 11.8 Å². The van der Waals surface area contributed by atoms with Gasteiger partial charge in [-0.2, -0.15) is 23.5 Å². The Bertz CT molecular complexity index is 905. The highest BCUT2D eigenvalue weighted by Crippen LogP contribution is 2.39. The first-order chi connectivity index (χ1) is 18.2. The molecular formula is C24H34N4O8S2. The Balaban J connectivity index is 1.31. The molecule has 4 N–H and O–H groups in total. The summed E-state index contributed by atoms with van der Waals surface area (Å²) in [7, 11) is 0. The molecule has 0 spiro atoms. The second kappa shape index (κ2) is 12.6. The maximum absolute atomic E-state index is 13.1. The first-order valence-corrected chi connectivity index (χ1v) is 15.2. The zero-order valence-corrected chi connectivity index (χ0v) is 22.6. The molecule has 0 aromatic rings. The van der Waals surface area contributed by atoms with E-state index in [0.29, 0.717) is 50.0 Å². The number of hydrogen-bond donors (Lipinski definition) is 4. The second-order valence-corrected chi connectivity index (χ2v) is 12.7. The van der Waals surface area contributed by atoms with Gasteiger partial charge in [0.15, 0.2) is 0 Å². The van der Waals surface area contributed by atoms with Crippen LogP contribution in [0.5, 0.6) is 0 Å². The van der Waals surface area contributed by atoms with Gasteiger partial charge in [-0.05, 0) is 25.7 Å². The van der Waals surface area contributed by atoms with Crippen molar-refractivity contribution in [1.29, 1.82) is 0 Å². The summed E-state index contributed by atoms with van der Waals surface area (Å²) < 4.78 is 0. The van der Waals surface area contributed by atoms with Crippen molar-refractivity contribution in [1.82, 2.24) is 20.4 Å². The number of carboxylic acid groups (broad SMARTS) is 2. The van der Waals surface area contributed by atoms with E-state index in [2.05, 4.69) is 10.6 Å². The lowest BCUT2D eigenvalue weighted by Gasteiger charge is -2.27. The van der Waals surface area contributed by atoms with Crippen molar-refractivity contribution < 1.29 is 39.0 Å². The number of nitrogens with one attached hydrogen (secondary N) is 2. The minimum absolute atomic E-state index is 0.00918. The maximum Gasteiger partial charge on any atom is 0.324 e. The molecule has 0 aromatic carbocycles. The number of hydrogen-bond acceptors (Lipinski definition) is 8. The van der Waals surface area contributed by atoms with Crippen LogP contribution in [-0.4, -0.2) is 102 Å². The molecule has 4 aliphatic rings. The Hall–Kier alpha value is -2.48. The van der Waals surface area contributed by atoms with Crippen LogP contribution in [-0.2, 0) is 19.2 Å². The molecule has 4 aliphatic heterocycles. The zero-order valence-electron chi connectivity index (χ0n) is 21.0. The molecule has 0 unspecified atom stereocenters. The van der Waals surface area contributed by atoms with Crippen LogP contribution in [0.15, 0.2) is 0 Å². The molecule has 6 amide bonds. The largest absolute Gasteiger partial charge is 0.481 e. The number of carbonyl (C=O) groups excluding carboxylic acids is 4. The van der Waals surface area contributed by atoms with E-state index >= 15 is 0 Å². The second-order valence-electron chi connectivity index (χ2n) is 10.1. The van der Waals surface area contributed by atoms with E-state index in [1.807, 2.05) is 0 Å². The van der Waals surface area contributed by atoms with E-state index in [-0.39, 0.29) is 60.4 Å². The molecular weight excluding hydrogens is 536 g/mol. The molecule has 210 valence electrons. The van der Waals surface area contributed by atoms with Gasteiger partial charge >= 0.3 is 24.0 Å². The lowest BCUT2D eigenvalue weighted by Crippen LogP contribution is -2.46. The summed E-state index contributed by atoms with van der Waals surface area (Å²) in [4.78, 5) is 75.5. The van der Waals surface area contributed by atoms with Gasteiger partial charge in [0.1, 0.15) is 0 Å². The van der Waals surface area contributed by atoms with Gasteiger partial charge in [0.05, 0.1) is 24.2 Å². The fourth-order valence-electron chi connectivity index (χ4n) is 5.81. The van der Waals surface area contributed by atoms with Gasteiger partial charge in [0, 0.05) is 47.7 Å². The van der Waals surface area contributed by atoms with E-state index in [0.717, 1.165) is 0 Å². The van der Waals surface area contributed by atoms with Gasteiger partial charge in [-0.3, -0.25) is 29.0 Å². The molecule has 0 bridgehead atoms. The fraction of sp³-hybridized carbons (Fsp3) is 0.750. The third-order valence-electron chi connectivity index (χ3n) is 7.57. The van der Waals surface area contributed by atoms with Crippen molar-refractivity contribution in [2.24, 2.45) is 0 Å². The summed E-state index contributed by atoms with van der Waals surface area (Å²) in [5.74, 6) is -1.26. The van der Waals surface area contributed by atoms with E-state index in [1.165, 1.54) is 9.80 Å². The van der Waals surface area contributed by atoms with E-state index in [4.69, 9.17) is 10.2 Å². The molecule has 0 saturated carbocycles. The molecule has 4 fully saturated rings. The summed E-state index contributed by atoms with van der Waals surface area (Å²) in [6, 6.07) is -1.94. The SMILES string of the molecule is O=C(O)CCCC[C@H]1SC[C@H]2NC(=O)N(C(=O)CCC(=O)N3C(=O)N[C@@H]4CS[C@H](CCCCC(=O)O)[C@@H]43)[C@H]21. The van der Waals surface area contributed by atoms with E-state index in [1.54, 1.807) is 23.5 Å². The fourth-order valence-corrected chi connectivity index (χ4v) is 8.96. The number of nitrogens with zero attached hydrogens (tertiary/aromatic N) is 2. The number of amides is 6. The third kappa shape index (κ3) is 6.38. The molecule has 12 nitrogen and oxygen atoms in total. The Morgan fingerprint density at radius 2 is 1.08 bits per heavy atom. The lowest BCUT2D eigenvalue weighted by molar-refractivity contribution is -0.138. The van der Waals surface area contributed by atoms with Gasteiger partial charge < -0.3 is 20.8 Å². The van der Waals surface area contributed by atoms with Crippen molar-refractivity contribution in [3.05, 3.63) is 0 Å². The number of urea groups is 2. The molecule has 0 radical (unpaired) electrons.